The maximum atomic E-state index is 11.2. The van der Waals surface area contributed by atoms with Gasteiger partial charge in [-0.05, 0) is 32.6 Å². The van der Waals surface area contributed by atoms with Crippen LogP contribution in [0.3, 0.4) is 0 Å². The van der Waals surface area contributed by atoms with Gasteiger partial charge in [-0.3, -0.25) is 4.79 Å². The molecule has 0 aromatic carbocycles. The molecule has 0 heterocycles. The highest BCUT2D eigenvalue weighted by Crippen LogP contribution is 2.13. The number of carbonyl (C=O) groups excluding carboxylic acids is 1. The zero-order valence-electron chi connectivity index (χ0n) is 17.5. The topological polar surface area (TPSA) is 46.5 Å². The maximum Gasteiger partial charge on any atom is 0.305 e. The second-order valence-corrected chi connectivity index (χ2v) is 7.37. The molecule has 0 fully saturated rings. The number of carbonyl (C=O) groups is 1. The summed E-state index contributed by atoms with van der Waals surface area (Å²) in [5, 5.41) is 9.71. The van der Waals surface area contributed by atoms with Gasteiger partial charge in [0.2, 0.25) is 0 Å². The first-order valence-corrected chi connectivity index (χ1v) is 11.2. The fourth-order valence-electron chi connectivity index (χ4n) is 3.12. The highest BCUT2D eigenvalue weighted by Gasteiger charge is 2.00. The van der Waals surface area contributed by atoms with Crippen LogP contribution in [0.5, 0.6) is 0 Å². The summed E-state index contributed by atoms with van der Waals surface area (Å²) in [6.45, 7) is 4.51. The Hall–Kier alpha value is -0.830. The average Bonchev–Trinajstić information content (AvgIpc) is 2.63. The lowest BCUT2D eigenvalue weighted by atomic mass is 10.0. The summed E-state index contributed by atoms with van der Waals surface area (Å²) in [6, 6.07) is 0. The van der Waals surface area contributed by atoms with E-state index in [1.165, 1.54) is 57.8 Å². The molecular weight excluding hydrogens is 324 g/mol. The minimum Gasteiger partial charge on any atom is -0.466 e. The van der Waals surface area contributed by atoms with E-state index < -0.39 is 0 Å². The zero-order chi connectivity index (χ0) is 19.3. The molecule has 0 aromatic heterocycles. The summed E-state index contributed by atoms with van der Waals surface area (Å²) in [5.41, 5.74) is 0. The van der Waals surface area contributed by atoms with Crippen molar-refractivity contribution >= 4 is 5.97 Å². The molecule has 3 heteroatoms. The zero-order valence-corrected chi connectivity index (χ0v) is 17.5. The number of aliphatic hydroxyl groups is 1. The van der Waals surface area contributed by atoms with E-state index in [-0.39, 0.29) is 12.1 Å². The molecule has 0 rings (SSSR count). The number of hydrogen-bond acceptors (Lipinski definition) is 3. The van der Waals surface area contributed by atoms with Crippen LogP contribution < -0.4 is 0 Å². The molecule has 0 aliphatic carbocycles. The van der Waals surface area contributed by atoms with Gasteiger partial charge in [-0.15, -0.1) is 0 Å². The van der Waals surface area contributed by atoms with Crippen molar-refractivity contribution in [3.63, 3.8) is 0 Å². The van der Waals surface area contributed by atoms with Crippen molar-refractivity contribution in [2.75, 3.05) is 6.61 Å². The molecule has 1 N–H and O–H groups in total. The summed E-state index contributed by atoms with van der Waals surface area (Å²) < 4.78 is 4.93. The maximum absolute atomic E-state index is 11.2. The lowest BCUT2D eigenvalue weighted by molar-refractivity contribution is -0.143. The van der Waals surface area contributed by atoms with E-state index in [0.717, 1.165) is 38.5 Å². The Bertz CT molecular complexity index is 325. The second-order valence-electron chi connectivity index (χ2n) is 7.37. The Balaban J connectivity index is 3.18. The molecule has 1 atom stereocenters. The molecule has 154 valence electrons. The lowest BCUT2D eigenvalue weighted by Gasteiger charge is -2.04. The molecule has 0 aromatic rings. The predicted molar refractivity (Wildman–Crippen MR) is 111 cm³/mol. The molecule has 0 radical (unpaired) electrons. The first kappa shape index (κ1) is 25.2. The van der Waals surface area contributed by atoms with Crippen LogP contribution in [-0.4, -0.2) is 23.8 Å². The van der Waals surface area contributed by atoms with E-state index in [4.69, 9.17) is 4.74 Å². The van der Waals surface area contributed by atoms with E-state index >= 15 is 0 Å². The number of hydrogen-bond donors (Lipinski definition) is 1. The summed E-state index contributed by atoms with van der Waals surface area (Å²) in [6.07, 6.45) is 22.7. The summed E-state index contributed by atoms with van der Waals surface area (Å²) in [7, 11) is 0. The third-order valence-electron chi connectivity index (χ3n) is 4.77. The van der Waals surface area contributed by atoms with Gasteiger partial charge in [-0.1, -0.05) is 89.7 Å². The first-order valence-electron chi connectivity index (χ1n) is 11.2. The third-order valence-corrected chi connectivity index (χ3v) is 4.77. The fraction of sp³-hybridized carbons (Fsp3) is 0.870. The Morgan fingerprint density at radius 1 is 0.846 bits per heavy atom. The molecular formula is C23H44O3. The van der Waals surface area contributed by atoms with Gasteiger partial charge in [-0.25, -0.2) is 0 Å². The van der Waals surface area contributed by atoms with Crippen LogP contribution in [0.4, 0.5) is 0 Å². The van der Waals surface area contributed by atoms with Gasteiger partial charge < -0.3 is 9.84 Å². The fourth-order valence-corrected chi connectivity index (χ4v) is 3.12. The summed E-state index contributed by atoms with van der Waals surface area (Å²) in [5.74, 6) is -0.0457. The standard InChI is InChI=1S/C23H44O3/c1-3-5-19-22(24)20-17-15-13-11-9-7-6-8-10-12-14-16-18-21-23(25)26-4-2/h17,20,22,24H,3-16,18-19,21H2,1-2H3. The van der Waals surface area contributed by atoms with Crippen molar-refractivity contribution in [3.8, 4) is 0 Å². The number of unbranched alkanes of at least 4 members (excludes halogenated alkanes) is 12. The third kappa shape index (κ3) is 19.5. The monoisotopic (exact) mass is 368 g/mol. The van der Waals surface area contributed by atoms with Crippen LogP contribution in [0.2, 0.25) is 0 Å². The van der Waals surface area contributed by atoms with Crippen molar-refractivity contribution in [2.45, 2.75) is 123 Å². The average molecular weight is 369 g/mol. The smallest absolute Gasteiger partial charge is 0.305 e. The van der Waals surface area contributed by atoms with Gasteiger partial charge in [-0.2, -0.15) is 0 Å². The van der Waals surface area contributed by atoms with E-state index in [0.29, 0.717) is 13.0 Å². The molecule has 0 aliphatic rings. The molecule has 0 aliphatic heterocycles. The van der Waals surface area contributed by atoms with Gasteiger partial charge in [0, 0.05) is 6.42 Å². The molecule has 26 heavy (non-hydrogen) atoms. The van der Waals surface area contributed by atoms with Crippen LogP contribution >= 0.6 is 0 Å². The predicted octanol–water partition coefficient (Wildman–Crippen LogP) is 6.73. The van der Waals surface area contributed by atoms with Crippen molar-refractivity contribution in [3.05, 3.63) is 12.2 Å². The Morgan fingerprint density at radius 2 is 1.38 bits per heavy atom. The van der Waals surface area contributed by atoms with Gasteiger partial charge in [0.1, 0.15) is 0 Å². The quantitative estimate of drug-likeness (QED) is 0.156. The Kier molecular flexibility index (Phi) is 19.8. The van der Waals surface area contributed by atoms with Crippen molar-refractivity contribution in [2.24, 2.45) is 0 Å². The number of ether oxygens (including phenoxy) is 1. The Labute approximate surface area is 162 Å². The van der Waals surface area contributed by atoms with Crippen molar-refractivity contribution in [1.29, 1.82) is 0 Å². The number of esters is 1. The van der Waals surface area contributed by atoms with E-state index in [1.807, 2.05) is 13.0 Å². The summed E-state index contributed by atoms with van der Waals surface area (Å²) >= 11 is 0. The molecule has 3 nitrogen and oxygen atoms in total. The molecule has 0 saturated heterocycles. The van der Waals surface area contributed by atoms with Crippen molar-refractivity contribution in [1.82, 2.24) is 0 Å². The van der Waals surface area contributed by atoms with Gasteiger partial charge in [0.05, 0.1) is 12.7 Å². The SMILES string of the molecule is CCCCC(O)C=CCCCCCCCCCCCCCC(=O)OCC. The first-order chi connectivity index (χ1) is 12.7. The van der Waals surface area contributed by atoms with Gasteiger partial charge >= 0.3 is 5.97 Å². The molecule has 1 unspecified atom stereocenters. The van der Waals surface area contributed by atoms with Crippen molar-refractivity contribution < 1.29 is 14.6 Å². The number of allylic oxidation sites excluding steroid dienone is 1. The lowest BCUT2D eigenvalue weighted by Crippen LogP contribution is -2.03. The minimum atomic E-state index is -0.236. The van der Waals surface area contributed by atoms with Crippen LogP contribution in [-0.2, 0) is 9.53 Å². The highest BCUT2D eigenvalue weighted by molar-refractivity contribution is 5.69. The van der Waals surface area contributed by atoms with Crippen LogP contribution in [0.1, 0.15) is 117 Å². The number of rotatable bonds is 19. The van der Waals surface area contributed by atoms with E-state index in [2.05, 4.69) is 13.0 Å². The normalized spacial score (nSPS) is 12.6. The molecule has 0 spiro atoms. The molecule has 0 bridgehead atoms. The Morgan fingerprint density at radius 3 is 1.92 bits per heavy atom. The highest BCUT2D eigenvalue weighted by atomic mass is 16.5. The van der Waals surface area contributed by atoms with E-state index in [1.54, 1.807) is 0 Å². The van der Waals surface area contributed by atoms with E-state index in [9.17, 15) is 9.90 Å². The van der Waals surface area contributed by atoms with Gasteiger partial charge in [0.25, 0.3) is 0 Å². The number of aliphatic hydroxyl groups excluding tert-OH is 1. The minimum absolute atomic E-state index is 0.0457. The summed E-state index contributed by atoms with van der Waals surface area (Å²) in [4.78, 5) is 11.2. The van der Waals surface area contributed by atoms with Crippen LogP contribution in [0.15, 0.2) is 12.2 Å². The van der Waals surface area contributed by atoms with Crippen LogP contribution in [0.25, 0.3) is 0 Å². The second kappa shape index (κ2) is 20.5. The molecule has 0 saturated carbocycles. The van der Waals surface area contributed by atoms with Gasteiger partial charge in [0.15, 0.2) is 0 Å². The molecule has 0 amide bonds. The van der Waals surface area contributed by atoms with Crippen LogP contribution in [0, 0.1) is 0 Å². The largest absolute Gasteiger partial charge is 0.466 e.